The monoisotopic (exact) mass is 231 g/mol. The van der Waals surface area contributed by atoms with Crippen LogP contribution in [0, 0.1) is 0 Å². The van der Waals surface area contributed by atoms with Gasteiger partial charge in [-0.25, -0.2) is 0 Å². The van der Waals surface area contributed by atoms with Gasteiger partial charge in [0, 0.05) is 25.8 Å². The molecule has 0 aromatic rings. The summed E-state index contributed by atoms with van der Waals surface area (Å²) in [6.07, 6.45) is 3.89. The van der Waals surface area contributed by atoms with E-state index < -0.39 is 0 Å². The lowest BCUT2D eigenvalue weighted by Crippen LogP contribution is -2.46. The lowest BCUT2D eigenvalue weighted by atomic mass is 9.93. The van der Waals surface area contributed by atoms with Crippen molar-refractivity contribution in [3.05, 3.63) is 0 Å². The molecule has 0 saturated heterocycles. The standard InChI is InChI=1S/C12H25NO3/c1-3-15-12(16-4-2)9-13-10-7-5-6-8-11(10)14/h10-14H,3-9H2,1-2H3. The van der Waals surface area contributed by atoms with Gasteiger partial charge in [-0.1, -0.05) is 12.8 Å². The first-order chi connectivity index (χ1) is 7.77. The van der Waals surface area contributed by atoms with E-state index in [-0.39, 0.29) is 18.4 Å². The van der Waals surface area contributed by atoms with Gasteiger partial charge in [-0.15, -0.1) is 0 Å². The highest BCUT2D eigenvalue weighted by Gasteiger charge is 2.23. The van der Waals surface area contributed by atoms with Gasteiger partial charge in [-0.05, 0) is 26.7 Å². The first-order valence-corrected chi connectivity index (χ1v) is 6.42. The quantitative estimate of drug-likeness (QED) is 0.648. The summed E-state index contributed by atoms with van der Waals surface area (Å²) < 4.78 is 10.9. The van der Waals surface area contributed by atoms with E-state index in [0.29, 0.717) is 19.8 Å². The van der Waals surface area contributed by atoms with Crippen LogP contribution < -0.4 is 5.32 Å². The number of hydrogen-bond acceptors (Lipinski definition) is 4. The molecule has 0 heterocycles. The molecule has 0 aromatic carbocycles. The van der Waals surface area contributed by atoms with Crippen LogP contribution in [0.25, 0.3) is 0 Å². The highest BCUT2D eigenvalue weighted by Crippen LogP contribution is 2.18. The average molecular weight is 231 g/mol. The van der Waals surface area contributed by atoms with Gasteiger partial charge in [0.05, 0.1) is 6.10 Å². The molecule has 4 heteroatoms. The van der Waals surface area contributed by atoms with Gasteiger partial charge in [0.1, 0.15) is 0 Å². The fraction of sp³-hybridized carbons (Fsp3) is 1.00. The Morgan fingerprint density at radius 2 is 1.81 bits per heavy atom. The fourth-order valence-electron chi connectivity index (χ4n) is 2.13. The zero-order chi connectivity index (χ0) is 11.8. The highest BCUT2D eigenvalue weighted by molar-refractivity contribution is 4.80. The van der Waals surface area contributed by atoms with E-state index in [1.54, 1.807) is 0 Å². The summed E-state index contributed by atoms with van der Waals surface area (Å²) in [6.45, 7) is 5.88. The minimum absolute atomic E-state index is 0.191. The summed E-state index contributed by atoms with van der Waals surface area (Å²) >= 11 is 0. The Morgan fingerprint density at radius 1 is 1.19 bits per heavy atom. The van der Waals surface area contributed by atoms with Gasteiger partial charge in [-0.2, -0.15) is 0 Å². The second-order valence-electron chi connectivity index (χ2n) is 4.21. The Hall–Kier alpha value is -0.160. The van der Waals surface area contributed by atoms with Crippen molar-refractivity contribution in [1.82, 2.24) is 5.32 Å². The third kappa shape index (κ3) is 4.78. The summed E-state index contributed by atoms with van der Waals surface area (Å²) in [5.74, 6) is 0. The van der Waals surface area contributed by atoms with Crippen LogP contribution in [0.15, 0.2) is 0 Å². The van der Waals surface area contributed by atoms with E-state index in [1.807, 2.05) is 13.8 Å². The molecule has 16 heavy (non-hydrogen) atoms. The van der Waals surface area contributed by atoms with Crippen molar-refractivity contribution in [1.29, 1.82) is 0 Å². The lowest BCUT2D eigenvalue weighted by Gasteiger charge is -2.30. The Bertz CT molecular complexity index is 172. The van der Waals surface area contributed by atoms with Gasteiger partial charge >= 0.3 is 0 Å². The first-order valence-electron chi connectivity index (χ1n) is 6.42. The molecule has 0 radical (unpaired) electrons. The molecule has 0 amide bonds. The van der Waals surface area contributed by atoms with Crippen LogP contribution in [-0.2, 0) is 9.47 Å². The summed E-state index contributed by atoms with van der Waals surface area (Å²) in [4.78, 5) is 0. The molecular formula is C12H25NO3. The van der Waals surface area contributed by atoms with Gasteiger partial charge in [0.15, 0.2) is 6.29 Å². The number of ether oxygens (including phenoxy) is 2. The van der Waals surface area contributed by atoms with Crippen molar-refractivity contribution in [3.8, 4) is 0 Å². The van der Waals surface area contributed by atoms with Crippen LogP contribution in [-0.4, -0.2) is 43.3 Å². The molecule has 1 aliphatic carbocycles. The second-order valence-corrected chi connectivity index (χ2v) is 4.21. The van der Waals surface area contributed by atoms with Crippen molar-refractivity contribution < 1.29 is 14.6 Å². The highest BCUT2D eigenvalue weighted by atomic mass is 16.7. The summed E-state index contributed by atoms with van der Waals surface area (Å²) in [5, 5.41) is 13.1. The first kappa shape index (κ1) is 13.9. The van der Waals surface area contributed by atoms with E-state index in [1.165, 1.54) is 6.42 Å². The predicted octanol–water partition coefficient (Wildman–Crippen LogP) is 1.28. The molecule has 1 fully saturated rings. The minimum atomic E-state index is -0.211. The molecule has 1 saturated carbocycles. The molecule has 2 N–H and O–H groups in total. The smallest absolute Gasteiger partial charge is 0.169 e. The fourth-order valence-corrected chi connectivity index (χ4v) is 2.13. The van der Waals surface area contributed by atoms with Gasteiger partial charge in [0.25, 0.3) is 0 Å². The van der Waals surface area contributed by atoms with Gasteiger partial charge in [-0.3, -0.25) is 0 Å². The van der Waals surface area contributed by atoms with Crippen LogP contribution in [0.4, 0.5) is 0 Å². The zero-order valence-electron chi connectivity index (χ0n) is 10.4. The van der Waals surface area contributed by atoms with E-state index in [2.05, 4.69) is 5.32 Å². The molecular weight excluding hydrogens is 206 g/mol. The van der Waals surface area contributed by atoms with Gasteiger partial charge < -0.3 is 19.9 Å². The topological polar surface area (TPSA) is 50.7 Å². The van der Waals surface area contributed by atoms with Crippen molar-refractivity contribution >= 4 is 0 Å². The van der Waals surface area contributed by atoms with Crippen molar-refractivity contribution in [2.75, 3.05) is 19.8 Å². The molecule has 0 spiro atoms. The normalized spacial score (nSPS) is 26.2. The van der Waals surface area contributed by atoms with Crippen LogP contribution in [0.2, 0.25) is 0 Å². The van der Waals surface area contributed by atoms with Crippen LogP contribution in [0.3, 0.4) is 0 Å². The molecule has 2 unspecified atom stereocenters. The van der Waals surface area contributed by atoms with E-state index >= 15 is 0 Å². The molecule has 4 nitrogen and oxygen atoms in total. The maximum Gasteiger partial charge on any atom is 0.169 e. The predicted molar refractivity (Wildman–Crippen MR) is 63.3 cm³/mol. The second kappa shape index (κ2) is 8.01. The number of rotatable bonds is 7. The number of aliphatic hydroxyl groups is 1. The number of hydrogen-bond donors (Lipinski definition) is 2. The minimum Gasteiger partial charge on any atom is -0.392 e. The van der Waals surface area contributed by atoms with Crippen LogP contribution >= 0.6 is 0 Å². The molecule has 0 aliphatic heterocycles. The van der Waals surface area contributed by atoms with E-state index in [9.17, 15) is 5.11 Å². The zero-order valence-corrected chi connectivity index (χ0v) is 10.4. The lowest BCUT2D eigenvalue weighted by molar-refractivity contribution is -0.135. The van der Waals surface area contributed by atoms with Crippen molar-refractivity contribution in [3.63, 3.8) is 0 Å². The summed E-state index contributed by atoms with van der Waals surface area (Å²) in [5.41, 5.74) is 0. The van der Waals surface area contributed by atoms with Crippen LogP contribution in [0.1, 0.15) is 39.5 Å². The van der Waals surface area contributed by atoms with Crippen LogP contribution in [0.5, 0.6) is 0 Å². The Morgan fingerprint density at radius 3 is 2.38 bits per heavy atom. The SMILES string of the molecule is CCOC(CNC1CCCCC1O)OCC. The Kier molecular flexibility index (Phi) is 6.96. The Labute approximate surface area is 98.3 Å². The van der Waals surface area contributed by atoms with Crippen molar-refractivity contribution in [2.45, 2.75) is 58.0 Å². The Balaban J connectivity index is 2.23. The molecule has 0 aromatic heterocycles. The van der Waals surface area contributed by atoms with E-state index in [0.717, 1.165) is 19.3 Å². The molecule has 96 valence electrons. The molecule has 1 aliphatic rings. The summed E-state index contributed by atoms with van der Waals surface area (Å²) in [7, 11) is 0. The van der Waals surface area contributed by atoms with E-state index in [4.69, 9.17) is 9.47 Å². The maximum absolute atomic E-state index is 9.80. The summed E-state index contributed by atoms with van der Waals surface area (Å²) in [6, 6.07) is 0.206. The maximum atomic E-state index is 9.80. The largest absolute Gasteiger partial charge is 0.392 e. The molecule has 0 bridgehead atoms. The third-order valence-corrected chi connectivity index (χ3v) is 2.98. The molecule has 1 rings (SSSR count). The average Bonchev–Trinajstić information content (AvgIpc) is 2.28. The number of aliphatic hydroxyl groups excluding tert-OH is 1. The molecule has 2 atom stereocenters. The van der Waals surface area contributed by atoms with Gasteiger partial charge in [0.2, 0.25) is 0 Å². The third-order valence-electron chi connectivity index (χ3n) is 2.98. The van der Waals surface area contributed by atoms with Crippen molar-refractivity contribution in [2.24, 2.45) is 0 Å². The number of nitrogens with one attached hydrogen (secondary N) is 1.